The Morgan fingerprint density at radius 2 is 1.57 bits per heavy atom. The van der Waals surface area contributed by atoms with Gasteiger partial charge < -0.3 is 25.4 Å². The zero-order valence-electron chi connectivity index (χ0n) is 20.9. The molecule has 0 fully saturated rings. The molecule has 9 heteroatoms. The molecule has 9 nitrogen and oxygen atoms in total. The Morgan fingerprint density at radius 1 is 0.914 bits per heavy atom. The maximum Gasteiger partial charge on any atom is 0.408 e. The van der Waals surface area contributed by atoms with Gasteiger partial charge in [-0.15, -0.1) is 0 Å². The van der Waals surface area contributed by atoms with Gasteiger partial charge in [-0.25, -0.2) is 9.59 Å². The highest BCUT2D eigenvalue weighted by Crippen LogP contribution is 2.15. The van der Waals surface area contributed by atoms with Crippen molar-refractivity contribution < 1.29 is 28.7 Å². The molecule has 2 aromatic rings. The zero-order valence-corrected chi connectivity index (χ0v) is 20.9. The number of carbonyl (C=O) groups excluding carboxylic acids is 4. The second kappa shape index (κ2) is 11.5. The van der Waals surface area contributed by atoms with E-state index in [0.717, 1.165) is 5.56 Å². The Balaban J connectivity index is 2.15. The standard InChI is InChI=1S/C26H33N3O6/c1-25(2,3)35-24(33)28-20(15-17-11-8-7-9-12-17)21(30)29-26(4,5)23(32)27-19-14-10-13-18(16-19)22(31)34-6/h7-14,16,20H,15H2,1-6H3,(H,27,32)(H,28,33)(H,29,30)/t20-/m0/s1. The predicted molar refractivity (Wildman–Crippen MR) is 132 cm³/mol. The van der Waals surface area contributed by atoms with Crippen LogP contribution in [-0.4, -0.2) is 48.2 Å². The number of nitrogens with one attached hydrogen (secondary N) is 3. The predicted octanol–water partition coefficient (Wildman–Crippen LogP) is 3.44. The third-order valence-corrected chi connectivity index (χ3v) is 4.83. The maximum absolute atomic E-state index is 13.2. The lowest BCUT2D eigenvalue weighted by atomic mass is 10.0. The molecule has 3 amide bonds. The van der Waals surface area contributed by atoms with Crippen molar-refractivity contribution in [2.45, 2.75) is 58.2 Å². The van der Waals surface area contributed by atoms with Crippen molar-refractivity contribution in [1.82, 2.24) is 10.6 Å². The first kappa shape index (κ1) is 27.4. The molecule has 3 N–H and O–H groups in total. The summed E-state index contributed by atoms with van der Waals surface area (Å²) in [4.78, 5) is 50.3. The van der Waals surface area contributed by atoms with Gasteiger partial charge in [0, 0.05) is 12.1 Å². The van der Waals surface area contributed by atoms with Crippen LogP contribution in [0.15, 0.2) is 54.6 Å². The summed E-state index contributed by atoms with van der Waals surface area (Å²) in [6.45, 7) is 8.25. The van der Waals surface area contributed by atoms with Gasteiger partial charge in [0.15, 0.2) is 0 Å². The van der Waals surface area contributed by atoms with E-state index in [1.807, 2.05) is 30.3 Å². The van der Waals surface area contributed by atoms with Gasteiger partial charge in [-0.1, -0.05) is 36.4 Å². The second-order valence-electron chi connectivity index (χ2n) is 9.53. The highest BCUT2D eigenvalue weighted by molar-refractivity contribution is 6.01. The number of carbonyl (C=O) groups is 4. The van der Waals surface area contributed by atoms with Gasteiger partial charge in [-0.3, -0.25) is 9.59 Å². The minimum Gasteiger partial charge on any atom is -0.465 e. The lowest BCUT2D eigenvalue weighted by Gasteiger charge is -2.29. The normalized spacial score (nSPS) is 12.2. The maximum atomic E-state index is 13.2. The van der Waals surface area contributed by atoms with Gasteiger partial charge in [0.25, 0.3) is 0 Å². The second-order valence-corrected chi connectivity index (χ2v) is 9.53. The molecule has 0 bridgehead atoms. The summed E-state index contributed by atoms with van der Waals surface area (Å²) in [7, 11) is 1.27. The average molecular weight is 484 g/mol. The van der Waals surface area contributed by atoms with Crippen molar-refractivity contribution in [3.8, 4) is 0 Å². The molecule has 2 aromatic carbocycles. The number of esters is 1. The Bertz CT molecular complexity index is 1060. The number of hydrogen-bond donors (Lipinski definition) is 3. The monoisotopic (exact) mass is 483 g/mol. The van der Waals surface area contributed by atoms with Gasteiger partial charge in [-0.2, -0.15) is 0 Å². The fourth-order valence-corrected chi connectivity index (χ4v) is 3.09. The van der Waals surface area contributed by atoms with Gasteiger partial charge in [0.2, 0.25) is 11.8 Å². The fraction of sp³-hybridized carbons (Fsp3) is 0.385. The molecule has 0 aromatic heterocycles. The van der Waals surface area contributed by atoms with Crippen LogP contribution in [0.2, 0.25) is 0 Å². The number of benzene rings is 2. The van der Waals surface area contributed by atoms with Crippen molar-refractivity contribution in [2.75, 3.05) is 12.4 Å². The summed E-state index contributed by atoms with van der Waals surface area (Å²) in [5, 5.41) is 8.00. The van der Waals surface area contributed by atoms with E-state index in [1.165, 1.54) is 27.0 Å². The molecule has 188 valence electrons. The van der Waals surface area contributed by atoms with Crippen LogP contribution >= 0.6 is 0 Å². The van der Waals surface area contributed by atoms with E-state index >= 15 is 0 Å². The number of alkyl carbamates (subject to hydrolysis) is 1. The first-order valence-corrected chi connectivity index (χ1v) is 11.2. The Morgan fingerprint density at radius 3 is 2.17 bits per heavy atom. The van der Waals surface area contributed by atoms with E-state index in [4.69, 9.17) is 9.47 Å². The summed E-state index contributed by atoms with van der Waals surface area (Å²) in [5.41, 5.74) is -0.617. The van der Waals surface area contributed by atoms with Crippen LogP contribution in [0, 0.1) is 0 Å². The number of methoxy groups -OCH3 is 1. The molecule has 0 saturated carbocycles. The molecule has 35 heavy (non-hydrogen) atoms. The first-order chi connectivity index (χ1) is 16.3. The van der Waals surface area contributed by atoms with Crippen molar-refractivity contribution in [3.05, 3.63) is 65.7 Å². The topological polar surface area (TPSA) is 123 Å². The van der Waals surface area contributed by atoms with Gasteiger partial charge in [0.1, 0.15) is 17.2 Å². The third kappa shape index (κ3) is 8.77. The number of anilines is 1. The molecule has 0 aliphatic rings. The number of amides is 3. The average Bonchev–Trinajstić information content (AvgIpc) is 2.77. The van der Waals surface area contributed by atoms with E-state index in [-0.39, 0.29) is 12.0 Å². The Kier molecular flexibility index (Phi) is 8.99. The fourth-order valence-electron chi connectivity index (χ4n) is 3.09. The van der Waals surface area contributed by atoms with E-state index < -0.39 is 41.1 Å². The molecule has 2 rings (SSSR count). The van der Waals surface area contributed by atoms with Crippen LogP contribution in [0.1, 0.15) is 50.5 Å². The number of hydrogen-bond acceptors (Lipinski definition) is 6. The number of ether oxygens (including phenoxy) is 2. The van der Waals surface area contributed by atoms with E-state index in [2.05, 4.69) is 16.0 Å². The SMILES string of the molecule is COC(=O)c1cccc(NC(=O)C(C)(C)NC(=O)[C@H](Cc2ccccc2)NC(=O)OC(C)(C)C)c1. The quantitative estimate of drug-likeness (QED) is 0.495. The molecule has 0 aliphatic heterocycles. The van der Waals surface area contributed by atoms with Crippen LogP contribution in [-0.2, 0) is 25.5 Å². The van der Waals surface area contributed by atoms with Crippen molar-refractivity contribution in [2.24, 2.45) is 0 Å². The summed E-state index contributed by atoms with van der Waals surface area (Å²) >= 11 is 0. The summed E-state index contributed by atoms with van der Waals surface area (Å²) in [6.07, 6.45) is -0.541. The lowest BCUT2D eigenvalue weighted by Crippen LogP contribution is -2.58. The van der Waals surface area contributed by atoms with Gasteiger partial charge in [-0.05, 0) is 58.4 Å². The van der Waals surface area contributed by atoms with Crippen LogP contribution in [0.5, 0.6) is 0 Å². The molecular formula is C26H33N3O6. The van der Waals surface area contributed by atoms with Gasteiger partial charge >= 0.3 is 12.1 Å². The largest absolute Gasteiger partial charge is 0.465 e. The summed E-state index contributed by atoms with van der Waals surface area (Å²) < 4.78 is 10.0. The van der Waals surface area contributed by atoms with Crippen LogP contribution < -0.4 is 16.0 Å². The molecule has 0 radical (unpaired) electrons. The van der Waals surface area contributed by atoms with Crippen molar-refractivity contribution in [3.63, 3.8) is 0 Å². The highest BCUT2D eigenvalue weighted by atomic mass is 16.6. The molecule has 0 heterocycles. The van der Waals surface area contributed by atoms with E-state index in [0.29, 0.717) is 5.69 Å². The Labute approximate surface area is 205 Å². The molecule has 1 atom stereocenters. The van der Waals surface area contributed by atoms with Gasteiger partial charge in [0.05, 0.1) is 12.7 Å². The molecule has 0 aliphatic carbocycles. The minimum atomic E-state index is -1.34. The van der Waals surface area contributed by atoms with E-state index in [1.54, 1.807) is 39.0 Å². The molecular weight excluding hydrogens is 450 g/mol. The third-order valence-electron chi connectivity index (χ3n) is 4.83. The highest BCUT2D eigenvalue weighted by Gasteiger charge is 2.33. The first-order valence-electron chi connectivity index (χ1n) is 11.2. The minimum absolute atomic E-state index is 0.199. The molecule has 0 saturated heterocycles. The van der Waals surface area contributed by atoms with Crippen molar-refractivity contribution >= 4 is 29.6 Å². The van der Waals surface area contributed by atoms with Crippen molar-refractivity contribution in [1.29, 1.82) is 0 Å². The van der Waals surface area contributed by atoms with E-state index in [9.17, 15) is 19.2 Å². The zero-order chi connectivity index (χ0) is 26.2. The number of rotatable bonds is 8. The summed E-state index contributed by atoms with van der Waals surface area (Å²) in [6, 6.07) is 14.5. The summed E-state index contributed by atoms with van der Waals surface area (Å²) in [5.74, 6) is -1.60. The Hall–Kier alpha value is -3.88. The van der Waals surface area contributed by atoms with Crippen LogP contribution in [0.4, 0.5) is 10.5 Å². The molecule has 0 spiro atoms. The smallest absolute Gasteiger partial charge is 0.408 e. The molecule has 0 unspecified atom stereocenters. The van der Waals surface area contributed by atoms with Crippen LogP contribution in [0.3, 0.4) is 0 Å². The van der Waals surface area contributed by atoms with Crippen LogP contribution in [0.25, 0.3) is 0 Å². The lowest BCUT2D eigenvalue weighted by molar-refractivity contribution is -0.130.